The zero-order valence-electron chi connectivity index (χ0n) is 10.2. The molecule has 0 bridgehead atoms. The first kappa shape index (κ1) is 13.6. The molecule has 18 heavy (non-hydrogen) atoms. The Morgan fingerprint density at radius 1 is 1.50 bits per heavy atom. The first-order chi connectivity index (χ1) is 8.30. The maximum Gasteiger partial charge on any atom is 0.152 e. The lowest BCUT2D eigenvalue weighted by atomic mass is 10.0. The average molecular weight is 289 g/mol. The summed E-state index contributed by atoms with van der Waals surface area (Å²) < 4.78 is 23.0. The Morgan fingerprint density at radius 3 is 2.78 bits per heavy atom. The maximum absolute atomic E-state index is 11.5. The van der Waals surface area contributed by atoms with Crippen LogP contribution in [0.25, 0.3) is 0 Å². The summed E-state index contributed by atoms with van der Waals surface area (Å²) in [6.45, 7) is 2.53. The van der Waals surface area contributed by atoms with Gasteiger partial charge in [0.2, 0.25) is 0 Å². The predicted octanol–water partition coefficient (Wildman–Crippen LogP) is 1.59. The van der Waals surface area contributed by atoms with Crippen LogP contribution in [0.15, 0.2) is 18.2 Å². The minimum atomic E-state index is -2.88. The number of hydrogen-bond acceptors (Lipinski definition) is 4. The highest BCUT2D eigenvalue weighted by Crippen LogP contribution is 2.24. The lowest BCUT2D eigenvalue weighted by molar-refractivity contribution is 0.395. The summed E-state index contributed by atoms with van der Waals surface area (Å²) in [5, 5.41) is 3.82. The molecule has 0 radical (unpaired) electrons. The average Bonchev–Trinajstić information content (AvgIpc) is 2.56. The molecule has 1 unspecified atom stereocenters. The van der Waals surface area contributed by atoms with Gasteiger partial charge in [-0.3, -0.25) is 0 Å². The van der Waals surface area contributed by atoms with Gasteiger partial charge in [-0.15, -0.1) is 0 Å². The molecule has 6 heteroatoms. The second-order valence-electron chi connectivity index (χ2n) is 5.11. The third-order valence-electron chi connectivity index (χ3n) is 3.29. The highest BCUT2D eigenvalue weighted by atomic mass is 35.5. The zero-order chi connectivity index (χ0) is 13.4. The van der Waals surface area contributed by atoms with Crippen molar-refractivity contribution in [3.63, 3.8) is 0 Å². The Hall–Kier alpha value is -0.780. The smallest absolute Gasteiger partial charge is 0.152 e. The highest BCUT2D eigenvalue weighted by molar-refractivity contribution is 7.91. The van der Waals surface area contributed by atoms with E-state index in [-0.39, 0.29) is 17.0 Å². The number of benzene rings is 1. The van der Waals surface area contributed by atoms with Crippen molar-refractivity contribution in [1.29, 1.82) is 0 Å². The molecule has 1 aliphatic heterocycles. The monoisotopic (exact) mass is 288 g/mol. The Kier molecular flexibility index (Phi) is 3.58. The quantitative estimate of drug-likeness (QED) is 0.829. The number of sulfone groups is 1. The van der Waals surface area contributed by atoms with Gasteiger partial charge in [0.05, 0.1) is 22.2 Å². The fourth-order valence-corrected chi connectivity index (χ4v) is 4.47. The number of halogens is 1. The summed E-state index contributed by atoms with van der Waals surface area (Å²) in [5.41, 5.74) is 6.85. The Labute approximate surface area is 112 Å². The van der Waals surface area contributed by atoms with E-state index in [2.05, 4.69) is 5.32 Å². The van der Waals surface area contributed by atoms with Crippen LogP contribution in [0.2, 0.25) is 5.02 Å². The van der Waals surface area contributed by atoms with Crippen molar-refractivity contribution in [3.8, 4) is 0 Å². The summed E-state index contributed by atoms with van der Waals surface area (Å²) in [4.78, 5) is 0. The van der Waals surface area contributed by atoms with Gasteiger partial charge in [0, 0.05) is 12.1 Å². The minimum absolute atomic E-state index is 0.197. The molecule has 2 rings (SSSR count). The van der Waals surface area contributed by atoms with Crippen molar-refractivity contribution in [2.24, 2.45) is 0 Å². The van der Waals surface area contributed by atoms with Crippen molar-refractivity contribution in [1.82, 2.24) is 5.32 Å². The molecule has 4 nitrogen and oxygen atoms in total. The first-order valence-corrected chi connectivity index (χ1v) is 7.99. The van der Waals surface area contributed by atoms with Crippen LogP contribution in [-0.4, -0.2) is 25.5 Å². The van der Waals surface area contributed by atoms with Crippen molar-refractivity contribution in [2.45, 2.75) is 25.4 Å². The molecule has 0 saturated carbocycles. The van der Waals surface area contributed by atoms with Gasteiger partial charge in [0.1, 0.15) is 0 Å². The van der Waals surface area contributed by atoms with Crippen LogP contribution in [0.5, 0.6) is 0 Å². The van der Waals surface area contributed by atoms with Gasteiger partial charge in [-0.05, 0) is 31.0 Å². The fourth-order valence-electron chi connectivity index (χ4n) is 2.15. The molecule has 0 amide bonds. The van der Waals surface area contributed by atoms with E-state index in [4.69, 9.17) is 17.3 Å². The molecule has 0 aromatic heterocycles. The van der Waals surface area contributed by atoms with Gasteiger partial charge >= 0.3 is 0 Å². The van der Waals surface area contributed by atoms with Crippen LogP contribution in [-0.2, 0) is 16.4 Å². The molecule has 1 atom stereocenters. The van der Waals surface area contributed by atoms with E-state index in [0.29, 0.717) is 23.7 Å². The summed E-state index contributed by atoms with van der Waals surface area (Å²) in [7, 11) is -2.88. The Morgan fingerprint density at radius 2 is 2.22 bits per heavy atom. The van der Waals surface area contributed by atoms with Crippen molar-refractivity contribution < 1.29 is 8.42 Å². The third kappa shape index (κ3) is 3.16. The van der Waals surface area contributed by atoms with Gasteiger partial charge in [-0.25, -0.2) is 8.42 Å². The third-order valence-corrected chi connectivity index (χ3v) is 5.52. The lowest BCUT2D eigenvalue weighted by Gasteiger charge is -2.24. The second-order valence-corrected chi connectivity index (χ2v) is 7.70. The van der Waals surface area contributed by atoms with E-state index >= 15 is 0 Å². The van der Waals surface area contributed by atoms with E-state index in [9.17, 15) is 8.42 Å². The predicted molar refractivity (Wildman–Crippen MR) is 74.4 cm³/mol. The number of rotatable bonds is 3. The minimum Gasteiger partial charge on any atom is -0.398 e. The van der Waals surface area contributed by atoms with Gasteiger partial charge in [0.15, 0.2) is 9.84 Å². The van der Waals surface area contributed by atoms with Crippen LogP contribution in [0, 0.1) is 0 Å². The summed E-state index contributed by atoms with van der Waals surface area (Å²) in [5.74, 6) is 0.460. The van der Waals surface area contributed by atoms with Crippen molar-refractivity contribution >= 4 is 27.1 Å². The van der Waals surface area contributed by atoms with Crippen molar-refractivity contribution in [2.75, 3.05) is 17.2 Å². The topological polar surface area (TPSA) is 72.2 Å². The van der Waals surface area contributed by atoms with Crippen LogP contribution < -0.4 is 11.1 Å². The van der Waals surface area contributed by atoms with Crippen LogP contribution >= 0.6 is 11.6 Å². The van der Waals surface area contributed by atoms with E-state index in [1.54, 1.807) is 12.1 Å². The summed E-state index contributed by atoms with van der Waals surface area (Å²) in [6.07, 6.45) is 0.651. The molecular formula is C12H17ClN2O2S. The van der Waals surface area contributed by atoms with Gasteiger partial charge in [0.25, 0.3) is 0 Å². The molecule has 1 aliphatic rings. The first-order valence-electron chi connectivity index (χ1n) is 5.79. The number of anilines is 1. The molecule has 1 aromatic rings. The number of hydrogen-bond donors (Lipinski definition) is 2. The molecule has 3 N–H and O–H groups in total. The Bertz CT molecular complexity index is 559. The SMILES string of the molecule is CC1(NCc2ccc(N)c(Cl)c2)CCS(=O)(=O)C1. The molecule has 1 aromatic carbocycles. The normalized spacial score (nSPS) is 26.3. The van der Waals surface area contributed by atoms with Crippen LogP contribution in [0.3, 0.4) is 0 Å². The number of nitrogen functional groups attached to an aromatic ring is 1. The van der Waals surface area contributed by atoms with E-state index in [1.165, 1.54) is 0 Å². The van der Waals surface area contributed by atoms with E-state index in [0.717, 1.165) is 5.56 Å². The molecule has 1 heterocycles. The molecule has 100 valence electrons. The fraction of sp³-hybridized carbons (Fsp3) is 0.500. The van der Waals surface area contributed by atoms with Crippen LogP contribution in [0.1, 0.15) is 18.9 Å². The molecule has 1 saturated heterocycles. The number of nitrogens with one attached hydrogen (secondary N) is 1. The largest absolute Gasteiger partial charge is 0.398 e. The molecular weight excluding hydrogens is 272 g/mol. The summed E-state index contributed by atoms with van der Waals surface area (Å²) >= 11 is 5.94. The highest BCUT2D eigenvalue weighted by Gasteiger charge is 2.37. The van der Waals surface area contributed by atoms with Gasteiger partial charge < -0.3 is 11.1 Å². The van der Waals surface area contributed by atoms with Gasteiger partial charge in [-0.2, -0.15) is 0 Å². The van der Waals surface area contributed by atoms with E-state index < -0.39 is 9.84 Å². The molecule has 0 aliphatic carbocycles. The van der Waals surface area contributed by atoms with Crippen molar-refractivity contribution in [3.05, 3.63) is 28.8 Å². The lowest BCUT2D eigenvalue weighted by Crippen LogP contribution is -2.42. The standard InChI is InChI=1S/C12H17ClN2O2S/c1-12(4-5-18(16,17)8-12)15-7-9-2-3-11(14)10(13)6-9/h2-3,6,15H,4-5,7-8,14H2,1H3. The van der Waals surface area contributed by atoms with E-state index in [1.807, 2.05) is 13.0 Å². The molecule has 0 spiro atoms. The number of nitrogens with two attached hydrogens (primary N) is 1. The molecule has 1 fully saturated rings. The van der Waals surface area contributed by atoms with Gasteiger partial charge in [-0.1, -0.05) is 17.7 Å². The Balaban J connectivity index is 2.02. The zero-order valence-corrected chi connectivity index (χ0v) is 11.8. The summed E-state index contributed by atoms with van der Waals surface area (Å²) in [6, 6.07) is 5.45. The second kappa shape index (κ2) is 4.72. The maximum atomic E-state index is 11.5. The van der Waals surface area contributed by atoms with Crippen LogP contribution in [0.4, 0.5) is 5.69 Å².